The largest absolute Gasteiger partial charge is 0.494 e. The first-order chi connectivity index (χ1) is 27.1. The minimum atomic E-state index is -0.712. The van der Waals surface area contributed by atoms with Gasteiger partial charge in [-0.15, -0.1) is 0 Å². The molecule has 2 aliphatic heterocycles. The van der Waals surface area contributed by atoms with Crippen LogP contribution in [0.2, 0.25) is 0 Å². The van der Waals surface area contributed by atoms with Crippen molar-refractivity contribution in [1.82, 2.24) is 0 Å². The first-order valence-corrected chi connectivity index (χ1v) is 19.9. The van der Waals surface area contributed by atoms with E-state index in [1.165, 1.54) is 18.2 Å². The van der Waals surface area contributed by atoms with Crippen LogP contribution in [-0.2, 0) is 22.4 Å². The zero-order chi connectivity index (χ0) is 39.2. The smallest absolute Gasteiger partial charge is 0.306 e. The highest BCUT2D eigenvalue weighted by molar-refractivity contribution is 5.70. The second-order valence-electron chi connectivity index (χ2n) is 15.5. The van der Waals surface area contributed by atoms with E-state index in [1.807, 2.05) is 36.4 Å². The van der Waals surface area contributed by atoms with Gasteiger partial charge >= 0.3 is 11.9 Å². The van der Waals surface area contributed by atoms with Crippen molar-refractivity contribution in [3.05, 3.63) is 113 Å². The Bertz CT molecular complexity index is 1970. The Kier molecular flexibility index (Phi) is 12.3. The van der Waals surface area contributed by atoms with Gasteiger partial charge in [0.05, 0.1) is 31.2 Å². The number of hydrogen-bond acceptors (Lipinski definition) is 7. The first kappa shape index (κ1) is 39.0. The summed E-state index contributed by atoms with van der Waals surface area (Å²) in [5, 5.41) is 18.2. The van der Waals surface area contributed by atoms with Crippen molar-refractivity contribution in [2.45, 2.75) is 102 Å². The van der Waals surface area contributed by atoms with E-state index < -0.39 is 11.9 Å². The topological polar surface area (TPSA) is 121 Å². The molecule has 10 heteroatoms. The summed E-state index contributed by atoms with van der Waals surface area (Å²) < 4.78 is 44.2. The Hall–Kier alpha value is -5.25. The maximum atomic E-state index is 14.6. The van der Waals surface area contributed by atoms with Crippen LogP contribution in [0.4, 0.5) is 4.39 Å². The second-order valence-corrected chi connectivity index (χ2v) is 15.5. The van der Waals surface area contributed by atoms with Crippen molar-refractivity contribution in [3.8, 4) is 28.7 Å². The fraction of sp³-hybridized carbons (Fsp3) is 0.435. The fourth-order valence-corrected chi connectivity index (χ4v) is 8.48. The van der Waals surface area contributed by atoms with E-state index in [2.05, 4.69) is 37.3 Å². The zero-order valence-electron chi connectivity index (χ0n) is 32.0. The molecule has 0 aromatic heterocycles. The molecule has 3 unspecified atom stereocenters. The highest BCUT2D eigenvalue weighted by Crippen LogP contribution is 2.42. The van der Waals surface area contributed by atoms with E-state index in [9.17, 15) is 14.0 Å². The number of carbonyl (C=O) groups is 2. The van der Waals surface area contributed by atoms with Gasteiger partial charge in [-0.05, 0) is 130 Å². The standard InChI is InChI=1S/C23H25FO5.C23H26O4/c1-27-21-4-2-3-18(22(21)24)20-11-7-15-13-17(10-12-19(15)29-20)28-16-8-5-14(6-9-16)23(25)26;1-15-13-18-14-20(26-19-9-7-17(8-10-19)23(24)25)11-12-21(18)27-22(15)16-5-3-2-4-6-16/h2-4,10,12-14,16,20H,5-9,11H2,1H3,(H,25,26);2-6,11-12,14-15,17,19,22H,7-10,13H2,1H3,(H,24,25). The Balaban J connectivity index is 0.000000172. The van der Waals surface area contributed by atoms with Gasteiger partial charge < -0.3 is 33.9 Å². The number of ether oxygens (including phenoxy) is 5. The maximum Gasteiger partial charge on any atom is 0.306 e. The summed E-state index contributed by atoms with van der Waals surface area (Å²) >= 11 is 0. The van der Waals surface area contributed by atoms with Crippen LogP contribution in [0.5, 0.6) is 28.7 Å². The van der Waals surface area contributed by atoms with Gasteiger partial charge in [0.15, 0.2) is 11.6 Å². The molecular weight excluding hydrogens is 715 g/mol. The summed E-state index contributed by atoms with van der Waals surface area (Å²) in [6, 6.07) is 27.3. The van der Waals surface area contributed by atoms with Gasteiger partial charge in [0.2, 0.25) is 0 Å². The predicted octanol–water partition coefficient (Wildman–Crippen LogP) is 9.94. The van der Waals surface area contributed by atoms with E-state index in [1.54, 1.807) is 18.2 Å². The number of carboxylic acids is 2. The third kappa shape index (κ3) is 9.23. The lowest BCUT2D eigenvalue weighted by Crippen LogP contribution is -2.28. The molecule has 0 amide bonds. The number of rotatable bonds is 9. The number of aliphatic carboxylic acids is 2. The normalized spacial score (nSPS) is 25.4. The van der Waals surface area contributed by atoms with Gasteiger partial charge in [-0.3, -0.25) is 9.59 Å². The van der Waals surface area contributed by atoms with Crippen LogP contribution < -0.4 is 23.7 Å². The zero-order valence-corrected chi connectivity index (χ0v) is 32.0. The molecule has 0 saturated heterocycles. The molecule has 2 heterocycles. The summed E-state index contributed by atoms with van der Waals surface area (Å²) in [7, 11) is 1.45. The van der Waals surface area contributed by atoms with Gasteiger partial charge in [-0.25, -0.2) is 4.39 Å². The number of benzene rings is 4. The average molecular weight is 767 g/mol. The van der Waals surface area contributed by atoms with Crippen LogP contribution in [0.25, 0.3) is 0 Å². The number of methoxy groups -OCH3 is 1. The van der Waals surface area contributed by atoms with E-state index in [4.69, 9.17) is 33.9 Å². The molecule has 0 spiro atoms. The summed E-state index contributed by atoms with van der Waals surface area (Å²) in [4.78, 5) is 22.2. The van der Waals surface area contributed by atoms with Gasteiger partial charge in [-0.2, -0.15) is 0 Å². The lowest BCUT2D eigenvalue weighted by atomic mass is 9.87. The molecule has 56 heavy (non-hydrogen) atoms. The second kappa shape index (κ2) is 17.7. The molecule has 2 fully saturated rings. The van der Waals surface area contributed by atoms with Gasteiger partial charge in [-0.1, -0.05) is 49.4 Å². The molecule has 9 nitrogen and oxygen atoms in total. The van der Waals surface area contributed by atoms with Crippen molar-refractivity contribution >= 4 is 11.9 Å². The van der Waals surface area contributed by atoms with Crippen molar-refractivity contribution in [2.24, 2.45) is 17.8 Å². The lowest BCUT2D eigenvalue weighted by Gasteiger charge is -2.32. The summed E-state index contributed by atoms with van der Waals surface area (Å²) in [6.07, 6.45) is 8.09. The van der Waals surface area contributed by atoms with Crippen LogP contribution in [0.1, 0.15) is 99.2 Å². The predicted molar refractivity (Wildman–Crippen MR) is 208 cm³/mol. The number of halogens is 1. The van der Waals surface area contributed by atoms with Crippen molar-refractivity contribution in [1.29, 1.82) is 0 Å². The molecule has 4 aliphatic rings. The summed E-state index contributed by atoms with van der Waals surface area (Å²) in [5.41, 5.74) is 3.95. The Morgan fingerprint density at radius 1 is 0.679 bits per heavy atom. The maximum absolute atomic E-state index is 14.6. The van der Waals surface area contributed by atoms with Crippen LogP contribution in [0.15, 0.2) is 84.9 Å². The third-order valence-electron chi connectivity index (χ3n) is 11.7. The van der Waals surface area contributed by atoms with Crippen LogP contribution in [-0.4, -0.2) is 41.5 Å². The lowest BCUT2D eigenvalue weighted by molar-refractivity contribution is -0.144. The molecule has 0 bridgehead atoms. The Morgan fingerprint density at radius 3 is 1.82 bits per heavy atom. The van der Waals surface area contributed by atoms with Crippen LogP contribution >= 0.6 is 0 Å². The summed E-state index contributed by atoms with van der Waals surface area (Å²) in [5.74, 6) is 1.70. The molecule has 2 saturated carbocycles. The van der Waals surface area contributed by atoms with Crippen molar-refractivity contribution in [3.63, 3.8) is 0 Å². The minimum absolute atomic E-state index is 0.0480. The van der Waals surface area contributed by atoms with Gasteiger partial charge in [0, 0.05) is 11.5 Å². The number of hydrogen-bond donors (Lipinski definition) is 2. The monoisotopic (exact) mass is 766 g/mol. The van der Waals surface area contributed by atoms with Crippen molar-refractivity contribution < 1.29 is 47.9 Å². The van der Waals surface area contributed by atoms with E-state index >= 15 is 0 Å². The molecule has 2 N–H and O–H groups in total. The van der Waals surface area contributed by atoms with Gasteiger partial charge in [0.1, 0.15) is 35.2 Å². The van der Waals surface area contributed by atoms with E-state index in [0.29, 0.717) is 43.6 Å². The van der Waals surface area contributed by atoms with Crippen molar-refractivity contribution in [2.75, 3.05) is 7.11 Å². The molecule has 2 aliphatic carbocycles. The van der Waals surface area contributed by atoms with Crippen LogP contribution in [0, 0.1) is 23.6 Å². The molecule has 0 radical (unpaired) electrons. The first-order valence-electron chi connectivity index (χ1n) is 19.9. The Labute approximate surface area is 327 Å². The molecule has 8 rings (SSSR count). The molecule has 296 valence electrons. The SMILES string of the molecule is CC1Cc2cc(OC3CCC(C(=O)O)CC3)ccc2OC1c1ccccc1.COc1cccc(C2CCc3cc(OC4CCC(C(=O)O)CC4)ccc3O2)c1F. The minimum Gasteiger partial charge on any atom is -0.494 e. The van der Waals surface area contributed by atoms with Gasteiger partial charge in [0.25, 0.3) is 0 Å². The highest BCUT2D eigenvalue weighted by Gasteiger charge is 2.31. The molecular formula is C46H51FO9. The summed E-state index contributed by atoms with van der Waals surface area (Å²) in [6.45, 7) is 2.22. The van der Waals surface area contributed by atoms with E-state index in [-0.39, 0.29) is 47.8 Å². The highest BCUT2D eigenvalue weighted by atomic mass is 19.1. The number of aryl methyl sites for hydroxylation is 1. The number of carboxylic acid groups (broad SMARTS) is 2. The quantitative estimate of drug-likeness (QED) is 0.172. The average Bonchev–Trinajstić information content (AvgIpc) is 3.21. The third-order valence-corrected chi connectivity index (χ3v) is 11.7. The van der Waals surface area contributed by atoms with Crippen LogP contribution in [0.3, 0.4) is 0 Å². The van der Waals surface area contributed by atoms with E-state index in [0.717, 1.165) is 67.1 Å². The number of fused-ring (bicyclic) bond motifs is 2. The molecule has 4 aromatic carbocycles. The fourth-order valence-electron chi connectivity index (χ4n) is 8.48. The molecule has 3 atom stereocenters. The molecule has 4 aromatic rings. The Morgan fingerprint density at radius 2 is 1.25 bits per heavy atom.